The van der Waals surface area contributed by atoms with E-state index in [1.807, 2.05) is 0 Å². The largest absolute Gasteiger partial charge is 0.481 e. The van der Waals surface area contributed by atoms with Crippen LogP contribution in [-0.2, 0) is 45.8 Å². The fourth-order valence-corrected chi connectivity index (χ4v) is 7.47. The number of carbonyl (C=O) groups excluding carboxylic acids is 1. The van der Waals surface area contributed by atoms with Crippen molar-refractivity contribution in [3.63, 3.8) is 0 Å². The van der Waals surface area contributed by atoms with Crippen LogP contribution in [0.4, 0.5) is 5.82 Å². The number of primary amides is 1. The van der Waals surface area contributed by atoms with E-state index in [1.54, 1.807) is 0 Å². The summed E-state index contributed by atoms with van der Waals surface area (Å²) in [6, 6.07) is 0. The molecule has 0 radical (unpaired) electrons. The first-order chi connectivity index (χ1) is 22.8. The first kappa shape index (κ1) is 35.1. The van der Waals surface area contributed by atoms with Crippen molar-refractivity contribution in [2.24, 2.45) is 5.73 Å². The predicted octanol–water partition coefficient (Wildman–Crippen LogP) is -2.57. The summed E-state index contributed by atoms with van der Waals surface area (Å²) in [5.74, 6) is -0.987. The molecule has 0 saturated carbocycles. The molecule has 11 N–H and O–H groups in total. The van der Waals surface area contributed by atoms with E-state index in [4.69, 9.17) is 26.8 Å². The highest BCUT2D eigenvalue weighted by Gasteiger charge is 2.51. The molecule has 24 nitrogen and oxygen atoms in total. The Hall–Kier alpha value is -2.73. The number of hydrogen-bond acceptors (Lipinski definition) is 18. The third kappa shape index (κ3) is 8.17. The third-order valence-electron chi connectivity index (χ3n) is 6.98. The first-order valence-electron chi connectivity index (χ1n) is 13.9. The summed E-state index contributed by atoms with van der Waals surface area (Å²) in [6.07, 6.45) is -8.74. The number of nitrogen functional groups attached to an aromatic ring is 1. The Labute approximate surface area is 270 Å². The lowest BCUT2D eigenvalue weighted by Crippen LogP contribution is -2.40. The van der Waals surface area contributed by atoms with E-state index in [2.05, 4.69) is 28.3 Å². The van der Waals surface area contributed by atoms with Gasteiger partial charge in [-0.1, -0.05) is 6.08 Å². The fraction of sp³-hybridized carbons (Fsp3) is 0.524. The number of phosphoric acid groups is 3. The van der Waals surface area contributed by atoms with Crippen molar-refractivity contribution >= 4 is 46.4 Å². The number of phosphoric ester groups is 3. The maximum Gasteiger partial charge on any atom is 0.481 e. The molecule has 10 unspecified atom stereocenters. The van der Waals surface area contributed by atoms with Crippen LogP contribution in [0.5, 0.6) is 0 Å². The standard InChI is InChI=1S/C21H30N7O17P3/c22-17-12-19(25-7-24-17)28(8-26-12)21-16(44-46(33,34)35)14(30)11(43-21)6-41-48(38,39)45-47(36,37)40-5-10-13(29)15(31)20(42-10)27-3-1-2-9(4-27)18(23)32/h1,3-4,7-8,10-11,13-16,20-21,29-31H,2,5-6H2,(H2,23,32)(H,36,37)(H,38,39)(H2,22,24,25)(H2,33,34,35)/i2D/t2-,10?,11?,13?,14?,15?,16?,20?,21?/m1/s1. The Balaban J connectivity index is 1.20. The highest BCUT2D eigenvalue weighted by molar-refractivity contribution is 7.61. The monoisotopic (exact) mass is 746 g/mol. The van der Waals surface area contributed by atoms with Gasteiger partial charge in [0.25, 0.3) is 0 Å². The van der Waals surface area contributed by atoms with E-state index in [0.717, 1.165) is 28.3 Å². The van der Waals surface area contributed by atoms with Crippen LogP contribution < -0.4 is 11.5 Å². The van der Waals surface area contributed by atoms with Crippen LogP contribution >= 0.6 is 23.5 Å². The molecule has 0 spiro atoms. The summed E-state index contributed by atoms with van der Waals surface area (Å²) in [6.45, 7) is -2.08. The van der Waals surface area contributed by atoms with Gasteiger partial charge in [-0.15, -0.1) is 0 Å². The summed E-state index contributed by atoms with van der Waals surface area (Å²) in [4.78, 5) is 63.4. The molecule has 2 saturated heterocycles. The number of rotatable bonds is 13. The number of aliphatic hydroxyl groups excluding tert-OH is 3. The molecule has 27 heteroatoms. The Morgan fingerprint density at radius 3 is 2.23 bits per heavy atom. The molecule has 266 valence electrons. The van der Waals surface area contributed by atoms with Gasteiger partial charge in [0.2, 0.25) is 5.91 Å². The number of hydrogen-bond donors (Lipinski definition) is 9. The Morgan fingerprint density at radius 2 is 1.60 bits per heavy atom. The Bertz CT molecular complexity index is 1780. The number of anilines is 1. The molecule has 1 amide bonds. The van der Waals surface area contributed by atoms with Crippen LogP contribution in [0.25, 0.3) is 11.2 Å². The lowest BCUT2D eigenvalue weighted by atomic mass is 10.1. The summed E-state index contributed by atoms with van der Waals surface area (Å²) in [5.41, 5.74) is 10.9. The SMILES string of the molecule is [2H][C@@H]1C=CN(C2OC(COP(=O)(O)OP(=O)(O)OCC3OC(n4cnc5c(N)ncnc54)C(OP(=O)(O)O)C3O)C(O)C2O)C=C1C(N)=O. The molecule has 3 aliphatic heterocycles. The van der Waals surface area contributed by atoms with Crippen LogP contribution in [0.15, 0.2) is 36.7 Å². The molecule has 3 aliphatic rings. The van der Waals surface area contributed by atoms with E-state index in [9.17, 15) is 53.4 Å². The Morgan fingerprint density at radius 1 is 0.979 bits per heavy atom. The number of aliphatic hydroxyl groups is 3. The van der Waals surface area contributed by atoms with Crippen molar-refractivity contribution in [1.29, 1.82) is 0 Å². The van der Waals surface area contributed by atoms with Crippen LogP contribution in [0.1, 0.15) is 14.0 Å². The number of aromatic nitrogens is 4. The quantitative estimate of drug-likeness (QED) is 0.0951. The summed E-state index contributed by atoms with van der Waals surface area (Å²) < 4.78 is 75.0. The van der Waals surface area contributed by atoms with Crippen LogP contribution in [0, 0.1) is 0 Å². The van der Waals surface area contributed by atoms with E-state index in [1.165, 1.54) is 12.3 Å². The number of carbonyl (C=O) groups is 1. The summed E-state index contributed by atoms with van der Waals surface area (Å²) in [5, 5.41) is 31.6. The van der Waals surface area contributed by atoms with Crippen LogP contribution in [0.3, 0.4) is 0 Å². The van der Waals surface area contributed by atoms with E-state index in [-0.39, 0.29) is 22.6 Å². The molecule has 2 fully saturated rings. The minimum atomic E-state index is -5.54. The zero-order valence-corrected chi connectivity index (χ0v) is 26.6. The van der Waals surface area contributed by atoms with Gasteiger partial charge >= 0.3 is 23.5 Å². The molecule has 5 heterocycles. The molecular formula is C21H30N7O17P3. The minimum Gasteiger partial charge on any atom is -0.387 e. The summed E-state index contributed by atoms with van der Waals surface area (Å²) in [7, 11) is -16.3. The zero-order valence-electron chi connectivity index (χ0n) is 24.9. The molecule has 2 aromatic heterocycles. The van der Waals surface area contributed by atoms with E-state index < -0.39 is 98.1 Å². The number of nitrogens with two attached hydrogens (primary N) is 2. The summed E-state index contributed by atoms with van der Waals surface area (Å²) >= 11 is 0. The van der Waals surface area contributed by atoms with Gasteiger partial charge in [-0.05, 0) is 6.40 Å². The molecule has 0 aromatic carbocycles. The first-order valence-corrected chi connectivity index (χ1v) is 17.9. The van der Waals surface area contributed by atoms with Crippen molar-refractivity contribution in [2.75, 3.05) is 18.9 Å². The van der Waals surface area contributed by atoms with Crippen LogP contribution in [-0.4, -0.2) is 121 Å². The average Bonchev–Trinajstić information content (AvgIpc) is 3.64. The van der Waals surface area contributed by atoms with Gasteiger partial charge < -0.3 is 60.7 Å². The van der Waals surface area contributed by atoms with Gasteiger partial charge in [0.15, 0.2) is 23.9 Å². The van der Waals surface area contributed by atoms with Crippen LogP contribution in [0.2, 0.25) is 0 Å². The zero-order chi connectivity index (χ0) is 36.1. The number of imidazole rings is 1. The molecule has 48 heavy (non-hydrogen) atoms. The lowest BCUT2D eigenvalue weighted by Gasteiger charge is -2.28. The lowest BCUT2D eigenvalue weighted by molar-refractivity contribution is -0.115. The third-order valence-corrected chi connectivity index (χ3v) is 10.1. The molecule has 0 bridgehead atoms. The van der Waals surface area contributed by atoms with Gasteiger partial charge in [-0.2, -0.15) is 4.31 Å². The normalized spacial score (nSPS) is 33.7. The number of ether oxygens (including phenoxy) is 2. The molecule has 11 atom stereocenters. The maximum absolute atomic E-state index is 12.6. The van der Waals surface area contributed by atoms with Gasteiger partial charge in [-0.3, -0.25) is 22.9 Å². The fourth-order valence-electron chi connectivity index (χ4n) is 4.83. The van der Waals surface area contributed by atoms with Crippen molar-refractivity contribution in [2.45, 2.75) is 55.5 Å². The topological polar surface area (TPSA) is 364 Å². The smallest absolute Gasteiger partial charge is 0.387 e. The van der Waals surface area contributed by atoms with Gasteiger partial charge in [0, 0.05) is 19.3 Å². The van der Waals surface area contributed by atoms with E-state index >= 15 is 0 Å². The predicted molar refractivity (Wildman–Crippen MR) is 153 cm³/mol. The highest BCUT2D eigenvalue weighted by atomic mass is 31.3. The molecule has 2 aromatic rings. The van der Waals surface area contributed by atoms with Crippen molar-refractivity contribution in [1.82, 2.24) is 24.4 Å². The van der Waals surface area contributed by atoms with E-state index in [0.29, 0.717) is 0 Å². The Kier molecular flexibility index (Phi) is 10.2. The minimum absolute atomic E-state index is 0.00363. The number of allylic oxidation sites excluding steroid dienone is 1. The molecular weight excluding hydrogens is 715 g/mol. The van der Waals surface area contributed by atoms with Gasteiger partial charge in [0.1, 0.15) is 48.5 Å². The number of fused-ring (bicyclic) bond motifs is 1. The van der Waals surface area contributed by atoms with Gasteiger partial charge in [0.05, 0.1) is 19.5 Å². The molecule has 5 rings (SSSR count). The van der Waals surface area contributed by atoms with Gasteiger partial charge in [-0.25, -0.2) is 28.6 Å². The second-order valence-electron chi connectivity index (χ2n) is 10.3. The average molecular weight is 746 g/mol. The van der Waals surface area contributed by atoms with Crippen molar-refractivity contribution in [3.05, 3.63) is 36.7 Å². The van der Waals surface area contributed by atoms with Crippen molar-refractivity contribution in [3.8, 4) is 0 Å². The van der Waals surface area contributed by atoms with Crippen molar-refractivity contribution < 1.29 is 82.1 Å². The number of nitrogens with zero attached hydrogens (tertiary/aromatic N) is 5. The highest BCUT2D eigenvalue weighted by Crippen LogP contribution is 2.61. The second kappa shape index (κ2) is 13.9. The molecule has 0 aliphatic carbocycles. The second-order valence-corrected chi connectivity index (χ2v) is 14.5. The maximum atomic E-state index is 12.6. The number of amides is 1.